The van der Waals surface area contributed by atoms with Crippen molar-refractivity contribution in [2.45, 2.75) is 13.3 Å². The van der Waals surface area contributed by atoms with E-state index in [1.807, 2.05) is 0 Å². The summed E-state index contributed by atoms with van der Waals surface area (Å²) in [6.07, 6.45) is 0.435. The molecule has 0 N–H and O–H groups in total. The molecular weight excluding hydrogens is 312 g/mol. The van der Waals surface area contributed by atoms with Crippen LogP contribution >= 0.6 is 0 Å². The first-order valence-corrected chi connectivity index (χ1v) is 7.27. The highest BCUT2D eigenvalue weighted by Crippen LogP contribution is 2.22. The average molecular weight is 324 g/mol. The number of cyclic esters (lactones) is 4. The molecule has 0 aromatic heterocycles. The van der Waals surface area contributed by atoms with Crippen molar-refractivity contribution >= 4 is 23.9 Å². The summed E-state index contributed by atoms with van der Waals surface area (Å²) in [6.45, 7) is 1.79. The largest absolute Gasteiger partial charge is 0.386 e. The van der Waals surface area contributed by atoms with Crippen molar-refractivity contribution in [3.8, 4) is 0 Å². The van der Waals surface area contributed by atoms with Crippen molar-refractivity contribution in [3.63, 3.8) is 0 Å². The van der Waals surface area contributed by atoms with Crippen LogP contribution < -0.4 is 0 Å². The number of rotatable bonds is 1. The van der Waals surface area contributed by atoms with Crippen molar-refractivity contribution in [1.29, 1.82) is 0 Å². The minimum absolute atomic E-state index is 0.0643. The van der Waals surface area contributed by atoms with Gasteiger partial charge in [0, 0.05) is 0 Å². The third kappa shape index (κ3) is 2.58. The fourth-order valence-corrected chi connectivity index (χ4v) is 2.53. The van der Waals surface area contributed by atoms with Crippen LogP contribution in [0.25, 0.3) is 0 Å². The molecule has 0 fully saturated rings. The van der Waals surface area contributed by atoms with Gasteiger partial charge in [-0.05, 0) is 30.2 Å². The fourth-order valence-electron chi connectivity index (χ4n) is 2.53. The van der Waals surface area contributed by atoms with E-state index in [-0.39, 0.29) is 22.3 Å². The fraction of sp³-hybridized carbons (Fsp3) is 0.111. The molecule has 0 spiro atoms. The summed E-state index contributed by atoms with van der Waals surface area (Å²) in [5.41, 5.74) is 0.0637. The lowest BCUT2D eigenvalue weighted by atomic mass is 9.99. The molecule has 0 amide bonds. The first-order valence-electron chi connectivity index (χ1n) is 7.27. The highest BCUT2D eigenvalue weighted by molar-refractivity contribution is 6.15. The minimum atomic E-state index is -0.977. The third-order valence-corrected chi connectivity index (χ3v) is 3.69. The number of ether oxygens (including phenoxy) is 2. The SMILES string of the molecule is CCc1cccc2c1C(=O)OC(=O)c1ccccc1C(=O)OC2=O. The minimum Gasteiger partial charge on any atom is -0.386 e. The van der Waals surface area contributed by atoms with E-state index >= 15 is 0 Å². The molecule has 0 aliphatic carbocycles. The maximum atomic E-state index is 12.4. The van der Waals surface area contributed by atoms with Gasteiger partial charge in [0.05, 0.1) is 22.3 Å². The standard InChI is InChI=1S/C18H12O6/c1-2-10-6-5-9-13-14(10)18(22)24-16(20)12-8-4-3-7-11(12)15(19)23-17(13)21/h3-9H,2H2,1H3. The monoisotopic (exact) mass is 324 g/mol. The Morgan fingerprint density at radius 3 is 1.75 bits per heavy atom. The van der Waals surface area contributed by atoms with Crippen molar-refractivity contribution in [2.24, 2.45) is 0 Å². The Bertz CT molecular complexity index is 881. The van der Waals surface area contributed by atoms with Crippen molar-refractivity contribution in [3.05, 3.63) is 70.3 Å². The predicted octanol–water partition coefficient (Wildman–Crippen LogP) is 2.56. The molecule has 2 aromatic rings. The molecular formula is C18H12O6. The lowest BCUT2D eigenvalue weighted by molar-refractivity contribution is 0.0333. The summed E-state index contributed by atoms with van der Waals surface area (Å²) in [7, 11) is 0. The molecule has 1 heterocycles. The molecule has 3 rings (SSSR count). The van der Waals surface area contributed by atoms with E-state index in [1.54, 1.807) is 19.1 Å². The number of hydrogen-bond donors (Lipinski definition) is 0. The Balaban J connectivity index is 2.19. The van der Waals surface area contributed by atoms with Crippen LogP contribution in [0.2, 0.25) is 0 Å². The first kappa shape index (κ1) is 15.6. The molecule has 0 saturated carbocycles. The molecule has 0 atom stereocenters. The van der Waals surface area contributed by atoms with Crippen LogP contribution in [0.4, 0.5) is 0 Å². The van der Waals surface area contributed by atoms with Crippen LogP contribution in [0.5, 0.6) is 0 Å². The van der Waals surface area contributed by atoms with Gasteiger partial charge in [-0.15, -0.1) is 0 Å². The molecule has 0 bridgehead atoms. The van der Waals surface area contributed by atoms with E-state index in [1.165, 1.54) is 30.3 Å². The van der Waals surface area contributed by atoms with Crippen molar-refractivity contribution in [1.82, 2.24) is 0 Å². The van der Waals surface area contributed by atoms with Gasteiger partial charge in [0.2, 0.25) is 0 Å². The van der Waals surface area contributed by atoms with Gasteiger partial charge in [0.25, 0.3) is 0 Å². The Labute approximate surface area is 137 Å². The van der Waals surface area contributed by atoms with Crippen molar-refractivity contribution < 1.29 is 28.7 Å². The summed E-state index contributed by atoms with van der Waals surface area (Å²) in [4.78, 5) is 49.1. The third-order valence-electron chi connectivity index (χ3n) is 3.69. The van der Waals surface area contributed by atoms with Crippen LogP contribution in [-0.2, 0) is 15.9 Å². The summed E-state index contributed by atoms with van der Waals surface area (Å²) >= 11 is 0. The zero-order valence-corrected chi connectivity index (χ0v) is 12.7. The van der Waals surface area contributed by atoms with E-state index in [9.17, 15) is 19.2 Å². The number of carbonyl (C=O) groups is 4. The second-order valence-electron chi connectivity index (χ2n) is 5.09. The topological polar surface area (TPSA) is 86.7 Å². The molecule has 120 valence electrons. The molecule has 24 heavy (non-hydrogen) atoms. The highest BCUT2D eigenvalue weighted by atomic mass is 16.6. The molecule has 0 unspecified atom stereocenters. The number of fused-ring (bicyclic) bond motifs is 2. The Morgan fingerprint density at radius 2 is 1.17 bits per heavy atom. The number of aryl methyl sites for hydroxylation is 1. The van der Waals surface area contributed by atoms with Gasteiger partial charge < -0.3 is 9.47 Å². The van der Waals surface area contributed by atoms with Crippen LogP contribution in [0.15, 0.2) is 42.5 Å². The van der Waals surface area contributed by atoms with Gasteiger partial charge in [0.15, 0.2) is 0 Å². The van der Waals surface area contributed by atoms with Crippen LogP contribution in [0, 0.1) is 0 Å². The first-order chi connectivity index (χ1) is 11.5. The molecule has 6 nitrogen and oxygen atoms in total. The quantitative estimate of drug-likeness (QED) is 0.592. The lowest BCUT2D eigenvalue weighted by Crippen LogP contribution is -2.25. The molecule has 6 heteroatoms. The average Bonchev–Trinajstić information content (AvgIpc) is 2.59. The lowest BCUT2D eigenvalue weighted by Gasteiger charge is -2.15. The molecule has 1 aliphatic rings. The molecule has 2 aromatic carbocycles. The maximum Gasteiger partial charge on any atom is 0.347 e. The smallest absolute Gasteiger partial charge is 0.347 e. The Morgan fingerprint density at radius 1 is 0.667 bits per heavy atom. The van der Waals surface area contributed by atoms with Crippen LogP contribution in [0.1, 0.15) is 53.9 Å². The number of carbonyl (C=O) groups excluding carboxylic acids is 4. The zero-order chi connectivity index (χ0) is 17.3. The van der Waals surface area contributed by atoms with E-state index < -0.39 is 23.9 Å². The van der Waals surface area contributed by atoms with Crippen LogP contribution in [0.3, 0.4) is 0 Å². The van der Waals surface area contributed by atoms with Gasteiger partial charge in [-0.3, -0.25) is 0 Å². The van der Waals surface area contributed by atoms with Gasteiger partial charge in [-0.1, -0.05) is 31.2 Å². The second-order valence-corrected chi connectivity index (χ2v) is 5.09. The predicted molar refractivity (Wildman–Crippen MR) is 81.8 cm³/mol. The van der Waals surface area contributed by atoms with E-state index in [2.05, 4.69) is 0 Å². The second kappa shape index (κ2) is 6.08. The van der Waals surface area contributed by atoms with Crippen molar-refractivity contribution in [2.75, 3.05) is 0 Å². The summed E-state index contributed by atoms with van der Waals surface area (Å²) in [6, 6.07) is 10.2. The molecule has 0 saturated heterocycles. The number of esters is 4. The van der Waals surface area contributed by atoms with E-state index in [0.717, 1.165) is 0 Å². The number of benzene rings is 2. The highest BCUT2D eigenvalue weighted by Gasteiger charge is 2.30. The Hall–Kier alpha value is -3.28. The summed E-state index contributed by atoms with van der Waals surface area (Å²) < 4.78 is 9.72. The van der Waals surface area contributed by atoms with Crippen LogP contribution in [-0.4, -0.2) is 23.9 Å². The zero-order valence-electron chi connectivity index (χ0n) is 12.7. The normalized spacial score (nSPS) is 14.4. The Kier molecular flexibility index (Phi) is 3.95. The number of hydrogen-bond acceptors (Lipinski definition) is 6. The molecule has 1 aliphatic heterocycles. The summed E-state index contributed by atoms with van der Waals surface area (Å²) in [5, 5.41) is 0. The van der Waals surface area contributed by atoms with Gasteiger partial charge >= 0.3 is 23.9 Å². The maximum absolute atomic E-state index is 12.4. The van der Waals surface area contributed by atoms with Gasteiger partial charge in [-0.2, -0.15) is 0 Å². The van der Waals surface area contributed by atoms with Gasteiger partial charge in [-0.25, -0.2) is 19.2 Å². The van der Waals surface area contributed by atoms with E-state index in [4.69, 9.17) is 9.47 Å². The molecule has 0 radical (unpaired) electrons. The summed E-state index contributed by atoms with van der Waals surface area (Å²) in [5.74, 6) is -3.87. The van der Waals surface area contributed by atoms with Gasteiger partial charge in [0.1, 0.15) is 0 Å². The van der Waals surface area contributed by atoms with E-state index in [0.29, 0.717) is 12.0 Å².